The standard InChI is InChI=1S/C12H11NS/c1-3-11-9(2)14-12(13-11)10-7-5-4-6-8-10/h3-8H,2H2,1H3/b11-3+. The molecular weight excluding hydrogens is 190 g/mol. The summed E-state index contributed by atoms with van der Waals surface area (Å²) >= 11 is 1.64. The second-order valence-corrected chi connectivity index (χ2v) is 4.07. The van der Waals surface area contributed by atoms with Crippen molar-refractivity contribution in [2.75, 3.05) is 0 Å². The largest absolute Gasteiger partial charge is 0.236 e. The van der Waals surface area contributed by atoms with Gasteiger partial charge in [0.1, 0.15) is 5.01 Å². The van der Waals surface area contributed by atoms with E-state index >= 15 is 0 Å². The Morgan fingerprint density at radius 3 is 2.57 bits per heavy atom. The minimum atomic E-state index is 0.994. The van der Waals surface area contributed by atoms with Crippen molar-refractivity contribution in [1.82, 2.24) is 4.98 Å². The summed E-state index contributed by atoms with van der Waals surface area (Å²) in [5.74, 6) is 0. The molecule has 0 aliphatic carbocycles. The molecule has 2 heteroatoms. The summed E-state index contributed by atoms with van der Waals surface area (Å²) in [6.07, 6.45) is 1.99. The lowest BCUT2D eigenvalue weighted by Gasteiger charge is -1.92. The lowest BCUT2D eigenvalue weighted by Crippen LogP contribution is -2.17. The van der Waals surface area contributed by atoms with Gasteiger partial charge in [0.15, 0.2) is 0 Å². The molecule has 1 aromatic heterocycles. The number of aromatic nitrogens is 1. The van der Waals surface area contributed by atoms with Crippen molar-refractivity contribution in [3.8, 4) is 10.6 Å². The monoisotopic (exact) mass is 201 g/mol. The molecule has 0 spiro atoms. The smallest absolute Gasteiger partial charge is 0.124 e. The van der Waals surface area contributed by atoms with Gasteiger partial charge < -0.3 is 0 Å². The van der Waals surface area contributed by atoms with E-state index < -0.39 is 0 Å². The zero-order valence-corrected chi connectivity index (χ0v) is 8.84. The van der Waals surface area contributed by atoms with E-state index in [1.807, 2.05) is 31.2 Å². The summed E-state index contributed by atoms with van der Waals surface area (Å²) in [5, 5.41) is 2.04. The Morgan fingerprint density at radius 1 is 1.29 bits per heavy atom. The third-order valence-electron chi connectivity index (χ3n) is 2.02. The van der Waals surface area contributed by atoms with Crippen molar-refractivity contribution >= 4 is 24.0 Å². The molecular formula is C12H11NS. The van der Waals surface area contributed by atoms with Crippen LogP contribution in [0, 0.1) is 0 Å². The van der Waals surface area contributed by atoms with Gasteiger partial charge >= 0.3 is 0 Å². The van der Waals surface area contributed by atoms with Crippen molar-refractivity contribution in [3.63, 3.8) is 0 Å². The molecule has 0 N–H and O–H groups in total. The van der Waals surface area contributed by atoms with Crippen LogP contribution in [0.1, 0.15) is 6.92 Å². The maximum Gasteiger partial charge on any atom is 0.124 e. The molecule has 0 aliphatic rings. The molecule has 0 amide bonds. The molecule has 0 aliphatic heterocycles. The maximum absolute atomic E-state index is 4.50. The molecule has 1 aromatic carbocycles. The van der Waals surface area contributed by atoms with Crippen LogP contribution in [0.3, 0.4) is 0 Å². The number of benzene rings is 1. The van der Waals surface area contributed by atoms with Crippen LogP contribution in [0.25, 0.3) is 23.2 Å². The van der Waals surface area contributed by atoms with Gasteiger partial charge in [-0.15, -0.1) is 11.3 Å². The fourth-order valence-corrected chi connectivity index (χ4v) is 2.19. The van der Waals surface area contributed by atoms with E-state index in [0.29, 0.717) is 0 Å². The first-order valence-electron chi connectivity index (χ1n) is 4.49. The average Bonchev–Trinajstić information content (AvgIpc) is 2.61. The SMILES string of the molecule is C=c1sc(-c2ccccc2)n/c1=C/C. The van der Waals surface area contributed by atoms with Crippen molar-refractivity contribution < 1.29 is 0 Å². The van der Waals surface area contributed by atoms with Gasteiger partial charge in [-0.1, -0.05) is 43.0 Å². The molecule has 1 heterocycles. The van der Waals surface area contributed by atoms with Crippen LogP contribution in [0.15, 0.2) is 30.3 Å². The van der Waals surface area contributed by atoms with E-state index in [2.05, 4.69) is 23.7 Å². The molecule has 0 atom stereocenters. The summed E-state index contributed by atoms with van der Waals surface area (Å²) in [5.41, 5.74) is 1.16. The minimum absolute atomic E-state index is 0.994. The predicted octanol–water partition coefficient (Wildman–Crippen LogP) is 2.02. The number of nitrogens with zero attached hydrogens (tertiary/aromatic N) is 1. The maximum atomic E-state index is 4.50. The van der Waals surface area contributed by atoms with Crippen molar-refractivity contribution in [2.45, 2.75) is 6.92 Å². The lowest BCUT2D eigenvalue weighted by atomic mass is 10.2. The van der Waals surface area contributed by atoms with Crippen LogP contribution >= 0.6 is 11.3 Å². The molecule has 0 saturated carbocycles. The molecule has 0 bridgehead atoms. The number of thiazole rings is 1. The quantitative estimate of drug-likeness (QED) is 0.688. The summed E-state index contributed by atoms with van der Waals surface area (Å²) < 4.78 is 1.03. The van der Waals surface area contributed by atoms with Crippen LogP contribution in [0.4, 0.5) is 0 Å². The Balaban J connectivity index is 2.60. The summed E-state index contributed by atoms with van der Waals surface area (Å²) in [6, 6.07) is 10.2. The van der Waals surface area contributed by atoms with Gasteiger partial charge in [0, 0.05) is 10.1 Å². The highest BCUT2D eigenvalue weighted by Crippen LogP contribution is 2.16. The van der Waals surface area contributed by atoms with Crippen LogP contribution < -0.4 is 9.88 Å². The van der Waals surface area contributed by atoms with Gasteiger partial charge in [0.2, 0.25) is 0 Å². The lowest BCUT2D eigenvalue weighted by molar-refractivity contribution is 1.31. The van der Waals surface area contributed by atoms with E-state index in [1.165, 1.54) is 0 Å². The Morgan fingerprint density at radius 2 is 2.00 bits per heavy atom. The third kappa shape index (κ3) is 1.61. The zero-order valence-electron chi connectivity index (χ0n) is 8.03. The van der Waals surface area contributed by atoms with Crippen LogP contribution in [0.5, 0.6) is 0 Å². The predicted molar refractivity (Wildman–Crippen MR) is 62.5 cm³/mol. The van der Waals surface area contributed by atoms with Gasteiger partial charge in [0.25, 0.3) is 0 Å². The van der Waals surface area contributed by atoms with E-state index in [-0.39, 0.29) is 0 Å². The fraction of sp³-hybridized carbons (Fsp3) is 0.0833. The van der Waals surface area contributed by atoms with Gasteiger partial charge in [-0.3, -0.25) is 0 Å². The molecule has 1 nitrogen and oxygen atoms in total. The van der Waals surface area contributed by atoms with Gasteiger partial charge in [-0.05, 0) is 6.92 Å². The number of rotatable bonds is 1. The summed E-state index contributed by atoms with van der Waals surface area (Å²) in [6.45, 7) is 5.95. The minimum Gasteiger partial charge on any atom is -0.236 e. The molecule has 0 saturated heterocycles. The van der Waals surface area contributed by atoms with Crippen molar-refractivity contribution in [3.05, 3.63) is 40.2 Å². The molecule has 14 heavy (non-hydrogen) atoms. The van der Waals surface area contributed by atoms with Crippen LogP contribution in [-0.2, 0) is 0 Å². The van der Waals surface area contributed by atoms with E-state index in [0.717, 1.165) is 20.5 Å². The second-order valence-electron chi connectivity index (χ2n) is 2.98. The highest BCUT2D eigenvalue weighted by atomic mass is 32.1. The first-order valence-corrected chi connectivity index (χ1v) is 5.30. The Hall–Kier alpha value is -1.41. The van der Waals surface area contributed by atoms with Crippen molar-refractivity contribution in [2.24, 2.45) is 0 Å². The first kappa shape index (κ1) is 9.16. The summed E-state index contributed by atoms with van der Waals surface area (Å²) in [7, 11) is 0. The second kappa shape index (κ2) is 3.76. The molecule has 70 valence electrons. The van der Waals surface area contributed by atoms with Gasteiger partial charge in [-0.25, -0.2) is 4.98 Å². The average molecular weight is 201 g/mol. The van der Waals surface area contributed by atoms with Gasteiger partial charge in [0.05, 0.1) is 5.35 Å². The molecule has 2 aromatic rings. The highest BCUT2D eigenvalue weighted by molar-refractivity contribution is 7.12. The number of hydrogen-bond acceptors (Lipinski definition) is 2. The molecule has 2 rings (SSSR count). The number of hydrogen-bond donors (Lipinski definition) is 0. The van der Waals surface area contributed by atoms with Crippen LogP contribution in [0.2, 0.25) is 0 Å². The van der Waals surface area contributed by atoms with Crippen molar-refractivity contribution in [1.29, 1.82) is 0 Å². The third-order valence-corrected chi connectivity index (χ3v) is 3.00. The van der Waals surface area contributed by atoms with Crippen LogP contribution in [-0.4, -0.2) is 4.98 Å². The van der Waals surface area contributed by atoms with E-state index in [9.17, 15) is 0 Å². The van der Waals surface area contributed by atoms with Gasteiger partial charge in [-0.2, -0.15) is 0 Å². The van der Waals surface area contributed by atoms with E-state index in [1.54, 1.807) is 11.3 Å². The first-order chi connectivity index (χ1) is 6.81. The highest BCUT2D eigenvalue weighted by Gasteiger charge is 2.00. The normalized spacial score (nSPS) is 11.9. The fourth-order valence-electron chi connectivity index (χ4n) is 1.29. The Kier molecular flexibility index (Phi) is 2.46. The zero-order chi connectivity index (χ0) is 9.97. The molecule has 0 radical (unpaired) electrons. The van der Waals surface area contributed by atoms with E-state index in [4.69, 9.17) is 0 Å². The molecule has 0 fully saturated rings. The topological polar surface area (TPSA) is 12.9 Å². The summed E-state index contributed by atoms with van der Waals surface area (Å²) in [4.78, 5) is 4.50. The Bertz CT molecular complexity index is 525. The molecule has 0 unspecified atom stereocenters. The Labute approximate surface area is 87.1 Å².